The van der Waals surface area contributed by atoms with Gasteiger partial charge in [0.05, 0.1) is 18.6 Å². The quantitative estimate of drug-likeness (QED) is 0.683. The van der Waals surface area contributed by atoms with E-state index < -0.39 is 5.41 Å². The Bertz CT molecular complexity index is 529. The van der Waals surface area contributed by atoms with E-state index in [1.54, 1.807) is 0 Å². The standard InChI is InChI=1S/C20H29NO3/c1-2-23-19(22)20(12-14-24-18-7-4-3-5-8-18)11-6-13-21(16-20)15-17-9-10-17/h3-5,7-8,17H,2,6,9-16H2,1H3. The summed E-state index contributed by atoms with van der Waals surface area (Å²) in [7, 11) is 0. The number of ether oxygens (including phenoxy) is 2. The van der Waals surface area contributed by atoms with E-state index in [4.69, 9.17) is 9.47 Å². The van der Waals surface area contributed by atoms with E-state index in [0.29, 0.717) is 13.2 Å². The lowest BCUT2D eigenvalue weighted by Crippen LogP contribution is -2.49. The summed E-state index contributed by atoms with van der Waals surface area (Å²) in [6.45, 7) is 5.96. The zero-order valence-electron chi connectivity index (χ0n) is 14.7. The van der Waals surface area contributed by atoms with Crippen molar-refractivity contribution in [3.8, 4) is 5.75 Å². The lowest BCUT2D eigenvalue weighted by Gasteiger charge is -2.41. The van der Waals surface area contributed by atoms with Gasteiger partial charge in [-0.3, -0.25) is 4.79 Å². The van der Waals surface area contributed by atoms with Gasteiger partial charge in [-0.15, -0.1) is 0 Å². The van der Waals surface area contributed by atoms with Crippen molar-refractivity contribution in [3.63, 3.8) is 0 Å². The normalized spacial score (nSPS) is 24.5. The summed E-state index contributed by atoms with van der Waals surface area (Å²) >= 11 is 0. The van der Waals surface area contributed by atoms with Gasteiger partial charge in [-0.25, -0.2) is 0 Å². The number of para-hydroxylation sites is 1. The van der Waals surface area contributed by atoms with Gasteiger partial charge in [0, 0.05) is 13.1 Å². The molecule has 1 unspecified atom stereocenters. The molecule has 1 heterocycles. The molecule has 0 N–H and O–H groups in total. The van der Waals surface area contributed by atoms with Gasteiger partial charge in [0.15, 0.2) is 0 Å². The van der Waals surface area contributed by atoms with Gasteiger partial charge < -0.3 is 14.4 Å². The molecule has 0 aromatic heterocycles. The maximum atomic E-state index is 12.7. The topological polar surface area (TPSA) is 38.8 Å². The summed E-state index contributed by atoms with van der Waals surface area (Å²) in [6, 6.07) is 9.82. The number of benzene rings is 1. The number of hydrogen-bond donors (Lipinski definition) is 0. The van der Waals surface area contributed by atoms with E-state index in [9.17, 15) is 4.79 Å². The molecule has 2 aliphatic rings. The van der Waals surface area contributed by atoms with Crippen molar-refractivity contribution in [3.05, 3.63) is 30.3 Å². The molecule has 1 aromatic rings. The zero-order chi connectivity index (χ0) is 16.8. The van der Waals surface area contributed by atoms with Crippen molar-refractivity contribution < 1.29 is 14.3 Å². The average molecular weight is 331 g/mol. The van der Waals surface area contributed by atoms with Crippen molar-refractivity contribution in [1.82, 2.24) is 4.90 Å². The highest BCUT2D eigenvalue weighted by molar-refractivity contribution is 5.77. The molecule has 24 heavy (non-hydrogen) atoms. The van der Waals surface area contributed by atoms with Crippen LogP contribution >= 0.6 is 0 Å². The lowest BCUT2D eigenvalue weighted by molar-refractivity contribution is -0.160. The maximum absolute atomic E-state index is 12.7. The minimum absolute atomic E-state index is 0.0397. The number of esters is 1. The second kappa shape index (κ2) is 8.02. The Hall–Kier alpha value is -1.55. The largest absolute Gasteiger partial charge is 0.494 e. The second-order valence-electron chi connectivity index (χ2n) is 7.19. The number of carbonyl (C=O) groups excluding carboxylic acids is 1. The third-order valence-corrected chi connectivity index (χ3v) is 5.17. The summed E-state index contributed by atoms with van der Waals surface area (Å²) in [5.74, 6) is 1.67. The first-order valence-corrected chi connectivity index (χ1v) is 9.29. The third kappa shape index (κ3) is 4.50. The van der Waals surface area contributed by atoms with Crippen LogP contribution in [0.2, 0.25) is 0 Å². The first kappa shape index (κ1) is 17.3. The van der Waals surface area contributed by atoms with Gasteiger partial charge in [-0.2, -0.15) is 0 Å². The van der Waals surface area contributed by atoms with Crippen LogP contribution in [0.15, 0.2) is 30.3 Å². The Labute approximate surface area is 145 Å². The van der Waals surface area contributed by atoms with E-state index in [-0.39, 0.29) is 5.97 Å². The molecular weight excluding hydrogens is 302 g/mol. The number of nitrogens with zero attached hydrogens (tertiary/aromatic N) is 1. The number of piperidine rings is 1. The molecule has 1 aliphatic carbocycles. The predicted molar refractivity (Wildman–Crippen MR) is 94.0 cm³/mol. The molecule has 0 amide bonds. The SMILES string of the molecule is CCOC(=O)C1(CCOc2ccccc2)CCCN(CC2CC2)C1. The van der Waals surface area contributed by atoms with E-state index in [1.807, 2.05) is 37.3 Å². The predicted octanol–water partition coefficient (Wildman–Crippen LogP) is 3.51. The highest BCUT2D eigenvalue weighted by atomic mass is 16.5. The first-order chi connectivity index (χ1) is 11.7. The van der Waals surface area contributed by atoms with Gasteiger partial charge in [0.25, 0.3) is 0 Å². The second-order valence-corrected chi connectivity index (χ2v) is 7.19. The van der Waals surface area contributed by atoms with Gasteiger partial charge in [0.1, 0.15) is 5.75 Å². The van der Waals surface area contributed by atoms with Crippen molar-refractivity contribution in [2.24, 2.45) is 11.3 Å². The molecule has 132 valence electrons. The summed E-state index contributed by atoms with van der Waals surface area (Å²) in [4.78, 5) is 15.2. The lowest BCUT2D eigenvalue weighted by atomic mass is 9.77. The minimum atomic E-state index is -0.405. The van der Waals surface area contributed by atoms with Crippen LogP contribution in [0.1, 0.15) is 39.0 Å². The van der Waals surface area contributed by atoms with Gasteiger partial charge in [-0.05, 0) is 63.6 Å². The molecule has 1 aliphatic heterocycles. The monoisotopic (exact) mass is 331 g/mol. The van der Waals surface area contributed by atoms with Crippen molar-refractivity contribution >= 4 is 5.97 Å². The van der Waals surface area contributed by atoms with Crippen LogP contribution < -0.4 is 4.74 Å². The molecule has 0 bridgehead atoms. The van der Waals surface area contributed by atoms with E-state index in [1.165, 1.54) is 12.8 Å². The van der Waals surface area contributed by atoms with Crippen molar-refractivity contribution in [1.29, 1.82) is 0 Å². The van der Waals surface area contributed by atoms with E-state index >= 15 is 0 Å². The minimum Gasteiger partial charge on any atom is -0.494 e. The Morgan fingerprint density at radius 3 is 2.79 bits per heavy atom. The Morgan fingerprint density at radius 1 is 1.29 bits per heavy atom. The third-order valence-electron chi connectivity index (χ3n) is 5.17. The molecule has 1 saturated heterocycles. The number of likely N-dealkylation sites (tertiary alicyclic amines) is 1. The molecule has 1 aromatic carbocycles. The van der Waals surface area contributed by atoms with Crippen LogP contribution in [0.25, 0.3) is 0 Å². The summed E-state index contributed by atoms with van der Waals surface area (Å²) < 4.78 is 11.3. The van der Waals surface area contributed by atoms with Crippen LogP contribution in [0.4, 0.5) is 0 Å². The highest BCUT2D eigenvalue weighted by Crippen LogP contribution is 2.38. The molecule has 0 radical (unpaired) electrons. The summed E-state index contributed by atoms with van der Waals surface area (Å²) in [6.07, 6.45) is 5.39. The van der Waals surface area contributed by atoms with Crippen LogP contribution in [0.5, 0.6) is 5.75 Å². The number of carbonyl (C=O) groups is 1. The Balaban J connectivity index is 1.61. The fourth-order valence-electron chi connectivity index (χ4n) is 3.69. The van der Waals surface area contributed by atoms with Gasteiger partial charge in [0.2, 0.25) is 0 Å². The fraction of sp³-hybridized carbons (Fsp3) is 0.650. The molecule has 4 heteroatoms. The van der Waals surface area contributed by atoms with Crippen LogP contribution in [-0.4, -0.2) is 43.7 Å². The molecule has 3 rings (SSSR count). The molecule has 0 spiro atoms. The molecule has 2 fully saturated rings. The zero-order valence-corrected chi connectivity index (χ0v) is 14.7. The molecule has 1 atom stereocenters. The van der Waals surface area contributed by atoms with Crippen LogP contribution in [0, 0.1) is 11.3 Å². The van der Waals surface area contributed by atoms with Gasteiger partial charge >= 0.3 is 5.97 Å². The highest BCUT2D eigenvalue weighted by Gasteiger charge is 2.44. The number of rotatable bonds is 8. The maximum Gasteiger partial charge on any atom is 0.313 e. The van der Waals surface area contributed by atoms with Gasteiger partial charge in [-0.1, -0.05) is 18.2 Å². The smallest absolute Gasteiger partial charge is 0.313 e. The Kier molecular flexibility index (Phi) is 5.77. The van der Waals surface area contributed by atoms with Crippen molar-refractivity contribution in [2.45, 2.75) is 39.0 Å². The van der Waals surface area contributed by atoms with E-state index in [0.717, 1.165) is 50.6 Å². The average Bonchev–Trinajstić information content (AvgIpc) is 3.40. The van der Waals surface area contributed by atoms with Crippen LogP contribution in [-0.2, 0) is 9.53 Å². The summed E-state index contributed by atoms with van der Waals surface area (Å²) in [5, 5.41) is 0. The number of hydrogen-bond acceptors (Lipinski definition) is 4. The fourth-order valence-corrected chi connectivity index (χ4v) is 3.69. The first-order valence-electron chi connectivity index (χ1n) is 9.29. The molecule has 1 saturated carbocycles. The van der Waals surface area contributed by atoms with Crippen molar-refractivity contribution in [2.75, 3.05) is 32.8 Å². The Morgan fingerprint density at radius 2 is 2.08 bits per heavy atom. The van der Waals surface area contributed by atoms with Crippen LogP contribution in [0.3, 0.4) is 0 Å². The molecular formula is C20H29NO3. The molecule has 4 nitrogen and oxygen atoms in total. The summed E-state index contributed by atoms with van der Waals surface area (Å²) in [5.41, 5.74) is -0.405. The van der Waals surface area contributed by atoms with E-state index in [2.05, 4.69) is 4.90 Å².